The quantitative estimate of drug-likeness (QED) is 0.558. The van der Waals surface area contributed by atoms with E-state index in [9.17, 15) is 10.2 Å². The number of rotatable bonds is 6. The van der Waals surface area contributed by atoms with Gasteiger partial charge in [0.25, 0.3) is 0 Å². The second-order valence-corrected chi connectivity index (χ2v) is 4.72. The van der Waals surface area contributed by atoms with Crippen molar-refractivity contribution in [2.45, 2.75) is 37.6 Å². The minimum Gasteiger partial charge on any atom is -0.394 e. The van der Waals surface area contributed by atoms with Crippen LogP contribution in [-0.4, -0.2) is 43.9 Å². The fraction of sp³-hybridized carbons (Fsp3) is 0.727. The first-order valence-corrected chi connectivity index (χ1v) is 6.14. The van der Waals surface area contributed by atoms with E-state index in [-0.39, 0.29) is 19.2 Å². The molecule has 7 heteroatoms. The topological polar surface area (TPSA) is 117 Å². The Bertz CT molecular complexity index is 410. The molecule has 0 atom stereocenters. The summed E-state index contributed by atoms with van der Waals surface area (Å²) in [6.07, 6.45) is 2.69. The van der Waals surface area contributed by atoms with E-state index in [4.69, 9.17) is 5.73 Å². The molecule has 0 unspecified atom stereocenters. The van der Waals surface area contributed by atoms with Crippen LogP contribution in [-0.2, 0) is 0 Å². The Balaban J connectivity index is 2.21. The van der Waals surface area contributed by atoms with Crippen LogP contribution in [0.2, 0.25) is 0 Å². The first kappa shape index (κ1) is 13.0. The lowest BCUT2D eigenvalue weighted by atomic mass is 9.99. The fourth-order valence-corrected chi connectivity index (χ4v) is 1.67. The van der Waals surface area contributed by atoms with Crippen molar-refractivity contribution in [1.82, 2.24) is 15.0 Å². The van der Waals surface area contributed by atoms with Crippen molar-refractivity contribution < 1.29 is 10.2 Å². The lowest BCUT2D eigenvalue weighted by molar-refractivity contribution is 0.132. The van der Waals surface area contributed by atoms with Gasteiger partial charge < -0.3 is 21.3 Å². The third-order valence-electron chi connectivity index (χ3n) is 3.27. The molecule has 1 aliphatic rings. The predicted octanol–water partition coefficient (Wildman–Crippen LogP) is -0.124. The lowest BCUT2D eigenvalue weighted by Gasteiger charge is -2.29. The monoisotopic (exact) mass is 253 g/mol. The van der Waals surface area contributed by atoms with Crippen LogP contribution in [0.25, 0.3) is 0 Å². The number of aliphatic hydroxyl groups excluding tert-OH is 2. The van der Waals surface area contributed by atoms with Gasteiger partial charge in [-0.25, -0.2) is 0 Å². The van der Waals surface area contributed by atoms with E-state index in [1.807, 2.05) is 6.92 Å². The maximum Gasteiger partial charge on any atom is 0.228 e. The number of aromatic nitrogens is 3. The van der Waals surface area contributed by atoms with Crippen LogP contribution >= 0.6 is 0 Å². The number of nitrogen functional groups attached to an aromatic ring is 1. The van der Waals surface area contributed by atoms with E-state index in [0.29, 0.717) is 24.1 Å². The minimum absolute atomic E-state index is 0.162. The molecule has 18 heavy (non-hydrogen) atoms. The molecule has 1 fully saturated rings. The molecule has 0 aromatic carbocycles. The standard InChI is InChI=1S/C11H19N5O2/c1-2-11(5-17,6-18)16-10-14-8(7-3-4-7)13-9(12)15-10/h7,17-18H,2-6H2,1H3,(H3,12,13,14,15,16). The van der Waals surface area contributed by atoms with Crippen LogP contribution < -0.4 is 11.1 Å². The van der Waals surface area contributed by atoms with E-state index >= 15 is 0 Å². The molecular formula is C11H19N5O2. The first-order chi connectivity index (χ1) is 8.62. The number of aliphatic hydroxyl groups is 2. The summed E-state index contributed by atoms with van der Waals surface area (Å²) in [7, 11) is 0. The normalized spacial score (nSPS) is 15.7. The van der Waals surface area contributed by atoms with Crippen LogP contribution in [0.4, 0.5) is 11.9 Å². The van der Waals surface area contributed by atoms with Crippen LogP contribution in [0, 0.1) is 0 Å². The van der Waals surface area contributed by atoms with Gasteiger partial charge in [0.05, 0.1) is 18.8 Å². The van der Waals surface area contributed by atoms with Gasteiger partial charge in [-0.2, -0.15) is 15.0 Å². The highest BCUT2D eigenvalue weighted by atomic mass is 16.3. The Hall–Kier alpha value is -1.47. The van der Waals surface area contributed by atoms with Gasteiger partial charge in [0.1, 0.15) is 5.82 Å². The summed E-state index contributed by atoms with van der Waals surface area (Å²) < 4.78 is 0. The number of anilines is 2. The molecule has 1 heterocycles. The average Bonchev–Trinajstić information content (AvgIpc) is 3.20. The third-order valence-corrected chi connectivity index (χ3v) is 3.27. The van der Waals surface area contributed by atoms with Gasteiger partial charge in [0.15, 0.2) is 0 Å². The Labute approximate surface area is 105 Å². The second-order valence-electron chi connectivity index (χ2n) is 4.72. The average molecular weight is 253 g/mol. The van der Waals surface area contributed by atoms with Crippen LogP contribution in [0.3, 0.4) is 0 Å². The summed E-state index contributed by atoms with van der Waals surface area (Å²) in [6, 6.07) is 0. The second kappa shape index (κ2) is 5.03. The molecule has 1 aliphatic carbocycles. The molecular weight excluding hydrogens is 234 g/mol. The van der Waals surface area contributed by atoms with E-state index in [2.05, 4.69) is 20.3 Å². The number of hydrogen-bond donors (Lipinski definition) is 4. The van der Waals surface area contributed by atoms with E-state index in [1.165, 1.54) is 0 Å². The molecule has 0 radical (unpaired) electrons. The van der Waals surface area contributed by atoms with Gasteiger partial charge in [-0.05, 0) is 19.3 Å². The summed E-state index contributed by atoms with van der Waals surface area (Å²) in [5, 5.41) is 21.7. The zero-order valence-corrected chi connectivity index (χ0v) is 10.4. The van der Waals surface area contributed by atoms with Crippen LogP contribution in [0.5, 0.6) is 0 Å². The number of nitrogens with one attached hydrogen (secondary N) is 1. The van der Waals surface area contributed by atoms with Crippen molar-refractivity contribution >= 4 is 11.9 Å². The molecule has 0 saturated heterocycles. The Morgan fingerprint density at radius 2 is 1.94 bits per heavy atom. The molecule has 2 rings (SSSR count). The highest BCUT2D eigenvalue weighted by Gasteiger charge is 2.30. The maximum atomic E-state index is 9.37. The Morgan fingerprint density at radius 3 is 2.44 bits per heavy atom. The molecule has 5 N–H and O–H groups in total. The summed E-state index contributed by atoms with van der Waals surface area (Å²) in [5.41, 5.74) is 4.82. The molecule has 0 aliphatic heterocycles. The van der Waals surface area contributed by atoms with Gasteiger partial charge in [0, 0.05) is 5.92 Å². The van der Waals surface area contributed by atoms with Crippen molar-refractivity contribution in [3.05, 3.63) is 5.82 Å². The lowest BCUT2D eigenvalue weighted by Crippen LogP contribution is -2.45. The van der Waals surface area contributed by atoms with Crippen LogP contribution in [0.15, 0.2) is 0 Å². The zero-order valence-electron chi connectivity index (χ0n) is 10.4. The molecule has 7 nitrogen and oxygen atoms in total. The zero-order chi connectivity index (χ0) is 13.2. The molecule has 0 bridgehead atoms. The first-order valence-electron chi connectivity index (χ1n) is 6.14. The van der Waals surface area contributed by atoms with Gasteiger partial charge in [-0.1, -0.05) is 6.92 Å². The van der Waals surface area contributed by atoms with E-state index in [1.54, 1.807) is 0 Å². The van der Waals surface area contributed by atoms with Crippen molar-refractivity contribution in [1.29, 1.82) is 0 Å². The highest BCUT2D eigenvalue weighted by molar-refractivity contribution is 5.35. The fourth-order valence-electron chi connectivity index (χ4n) is 1.67. The van der Waals surface area contributed by atoms with Crippen LogP contribution in [0.1, 0.15) is 37.9 Å². The van der Waals surface area contributed by atoms with Crippen molar-refractivity contribution in [2.24, 2.45) is 0 Å². The van der Waals surface area contributed by atoms with Gasteiger partial charge in [-0.15, -0.1) is 0 Å². The summed E-state index contributed by atoms with van der Waals surface area (Å²) in [4.78, 5) is 12.4. The summed E-state index contributed by atoms with van der Waals surface area (Å²) >= 11 is 0. The van der Waals surface area contributed by atoms with Gasteiger partial charge >= 0.3 is 0 Å². The number of hydrogen-bond acceptors (Lipinski definition) is 7. The SMILES string of the molecule is CCC(CO)(CO)Nc1nc(N)nc(C2CC2)n1. The molecule has 0 spiro atoms. The van der Waals surface area contributed by atoms with Crippen molar-refractivity contribution in [2.75, 3.05) is 24.3 Å². The summed E-state index contributed by atoms with van der Waals surface area (Å²) in [6.45, 7) is 1.46. The molecule has 0 amide bonds. The minimum atomic E-state index is -0.825. The number of nitrogens with two attached hydrogens (primary N) is 1. The number of nitrogens with zero attached hydrogens (tertiary/aromatic N) is 3. The van der Waals surface area contributed by atoms with E-state index in [0.717, 1.165) is 12.8 Å². The summed E-state index contributed by atoms with van der Waals surface area (Å²) in [5.74, 6) is 1.53. The molecule has 1 aromatic rings. The highest BCUT2D eigenvalue weighted by Crippen LogP contribution is 2.38. The molecule has 100 valence electrons. The van der Waals surface area contributed by atoms with Crippen molar-refractivity contribution in [3.63, 3.8) is 0 Å². The van der Waals surface area contributed by atoms with Gasteiger partial charge in [-0.3, -0.25) is 0 Å². The van der Waals surface area contributed by atoms with E-state index < -0.39 is 5.54 Å². The van der Waals surface area contributed by atoms with Crippen molar-refractivity contribution in [3.8, 4) is 0 Å². The molecule has 1 aromatic heterocycles. The maximum absolute atomic E-state index is 9.37. The van der Waals surface area contributed by atoms with Gasteiger partial charge in [0.2, 0.25) is 11.9 Å². The predicted molar refractivity (Wildman–Crippen MR) is 67.0 cm³/mol. The largest absolute Gasteiger partial charge is 0.394 e. The molecule has 1 saturated carbocycles. The smallest absolute Gasteiger partial charge is 0.228 e. The Kier molecular flexibility index (Phi) is 3.63. The Morgan fingerprint density at radius 1 is 1.28 bits per heavy atom. The third kappa shape index (κ3) is 2.68.